The summed E-state index contributed by atoms with van der Waals surface area (Å²) in [5.74, 6) is 0.405. The molecule has 3 rings (SSSR count). The van der Waals surface area contributed by atoms with Crippen LogP contribution in [0, 0.1) is 0 Å². The lowest BCUT2D eigenvalue weighted by molar-refractivity contribution is -0.140. The minimum Gasteiger partial charge on any atom is -0.366 e. The van der Waals surface area contributed by atoms with Crippen LogP contribution in [-0.2, 0) is 16.1 Å². The number of carbonyl (C=O) groups is 1. The number of nitrogens with one attached hydrogen (secondary N) is 2. The number of carbonyl (C=O) groups excluding carboxylic acids is 1. The first-order chi connectivity index (χ1) is 12.4. The van der Waals surface area contributed by atoms with E-state index < -0.39 is 11.6 Å². The van der Waals surface area contributed by atoms with Gasteiger partial charge >= 0.3 is 0 Å². The van der Waals surface area contributed by atoms with Crippen molar-refractivity contribution >= 4 is 16.8 Å². The molecule has 26 heavy (non-hydrogen) atoms. The summed E-state index contributed by atoms with van der Waals surface area (Å²) in [7, 11) is 0. The number of nitrogens with zero attached hydrogens (tertiary/aromatic N) is 2. The number of hydrogen-bond donors (Lipinski definition) is 3. The second kappa shape index (κ2) is 7.53. The average molecular weight is 359 g/mol. The molecule has 1 fully saturated rings. The molecule has 1 aromatic carbocycles. The van der Waals surface area contributed by atoms with Gasteiger partial charge in [-0.1, -0.05) is 12.1 Å². The molecular weight excluding hydrogens is 334 g/mol. The Kier molecular flexibility index (Phi) is 5.36. The van der Waals surface area contributed by atoms with Gasteiger partial charge in [0.05, 0.1) is 24.1 Å². The molecule has 140 valence electrons. The van der Waals surface area contributed by atoms with E-state index in [1.165, 1.54) is 0 Å². The molecule has 1 amide bonds. The lowest BCUT2D eigenvalue weighted by Crippen LogP contribution is -2.56. The van der Waals surface area contributed by atoms with Gasteiger partial charge in [0.25, 0.3) is 11.5 Å². The van der Waals surface area contributed by atoms with Gasteiger partial charge in [-0.2, -0.15) is 0 Å². The molecule has 1 saturated heterocycles. The first-order valence-electron chi connectivity index (χ1n) is 8.72. The number of rotatable bonds is 5. The minimum absolute atomic E-state index is 0.155. The molecule has 0 aliphatic carbocycles. The Morgan fingerprint density at radius 1 is 1.46 bits per heavy atom. The van der Waals surface area contributed by atoms with Crippen molar-refractivity contribution in [2.75, 3.05) is 26.2 Å². The van der Waals surface area contributed by atoms with Gasteiger partial charge in [-0.15, -0.1) is 0 Å². The topological polar surface area (TPSA) is 113 Å². The highest BCUT2D eigenvalue weighted by atomic mass is 16.5. The molecule has 0 bridgehead atoms. The van der Waals surface area contributed by atoms with Crippen LogP contribution in [0.4, 0.5) is 0 Å². The van der Waals surface area contributed by atoms with E-state index in [0.29, 0.717) is 49.5 Å². The summed E-state index contributed by atoms with van der Waals surface area (Å²) in [6.45, 7) is 6.08. The fraction of sp³-hybridized carbons (Fsp3) is 0.500. The number of aromatic nitrogens is 2. The summed E-state index contributed by atoms with van der Waals surface area (Å²) in [5, 5.41) is 3.47. The number of amides is 1. The second-order valence-corrected chi connectivity index (χ2v) is 7.20. The molecule has 1 aliphatic heterocycles. The molecule has 1 unspecified atom stereocenters. The predicted molar refractivity (Wildman–Crippen MR) is 98.7 cm³/mol. The van der Waals surface area contributed by atoms with E-state index in [-0.39, 0.29) is 11.5 Å². The zero-order chi connectivity index (χ0) is 18.7. The Morgan fingerprint density at radius 2 is 2.23 bits per heavy atom. The Labute approximate surface area is 151 Å². The van der Waals surface area contributed by atoms with Crippen LogP contribution in [0.2, 0.25) is 0 Å². The summed E-state index contributed by atoms with van der Waals surface area (Å²) in [5.41, 5.74) is 5.70. The maximum atomic E-state index is 12.4. The van der Waals surface area contributed by atoms with Gasteiger partial charge in [-0.05, 0) is 26.0 Å². The first-order valence-corrected chi connectivity index (χ1v) is 8.72. The van der Waals surface area contributed by atoms with Crippen LogP contribution in [0.15, 0.2) is 29.1 Å². The van der Waals surface area contributed by atoms with Gasteiger partial charge in [0.1, 0.15) is 11.9 Å². The number of para-hydroxylation sites is 1. The van der Waals surface area contributed by atoms with Gasteiger partial charge in [-0.25, -0.2) is 4.98 Å². The average Bonchev–Trinajstić information content (AvgIpc) is 2.62. The van der Waals surface area contributed by atoms with Crippen LogP contribution in [0.1, 0.15) is 19.7 Å². The van der Waals surface area contributed by atoms with Gasteiger partial charge in [0.15, 0.2) is 0 Å². The standard InChI is InChI=1S/C18H25N5O3/c1-18(2,11-19)22-17(25)14-9-23(7-8-26-14)10-15-20-13-6-4-3-5-12(13)16(24)21-15/h3-6,14H,7-11,19H2,1-2H3,(H,22,25)(H,20,21,24). The number of aromatic amines is 1. The molecule has 0 saturated carbocycles. The molecule has 0 spiro atoms. The van der Waals surface area contributed by atoms with E-state index >= 15 is 0 Å². The van der Waals surface area contributed by atoms with Gasteiger partial charge < -0.3 is 20.8 Å². The third-order valence-corrected chi connectivity index (χ3v) is 4.45. The summed E-state index contributed by atoms with van der Waals surface area (Å²) in [6, 6.07) is 7.23. The zero-order valence-electron chi connectivity index (χ0n) is 15.1. The van der Waals surface area contributed by atoms with Crippen molar-refractivity contribution < 1.29 is 9.53 Å². The summed E-state index contributed by atoms with van der Waals surface area (Å²) < 4.78 is 5.61. The van der Waals surface area contributed by atoms with Crippen molar-refractivity contribution in [1.82, 2.24) is 20.2 Å². The van der Waals surface area contributed by atoms with Gasteiger partial charge in [-0.3, -0.25) is 14.5 Å². The lowest BCUT2D eigenvalue weighted by Gasteiger charge is -2.34. The Balaban J connectivity index is 1.69. The van der Waals surface area contributed by atoms with Crippen molar-refractivity contribution in [3.05, 3.63) is 40.4 Å². The van der Waals surface area contributed by atoms with Crippen molar-refractivity contribution in [2.45, 2.75) is 32.0 Å². The minimum atomic E-state index is -0.568. The first kappa shape index (κ1) is 18.5. The van der Waals surface area contributed by atoms with Crippen LogP contribution in [0.25, 0.3) is 10.9 Å². The highest BCUT2D eigenvalue weighted by Gasteiger charge is 2.30. The van der Waals surface area contributed by atoms with E-state index in [0.717, 1.165) is 0 Å². The molecule has 0 radical (unpaired) electrons. The van der Waals surface area contributed by atoms with Crippen molar-refractivity contribution in [2.24, 2.45) is 5.73 Å². The van der Waals surface area contributed by atoms with Crippen LogP contribution < -0.4 is 16.6 Å². The molecule has 1 aliphatic rings. The highest BCUT2D eigenvalue weighted by Crippen LogP contribution is 2.11. The largest absolute Gasteiger partial charge is 0.366 e. The second-order valence-electron chi connectivity index (χ2n) is 7.20. The number of nitrogens with two attached hydrogens (primary N) is 1. The molecule has 1 aromatic heterocycles. The maximum Gasteiger partial charge on any atom is 0.258 e. The summed E-state index contributed by atoms with van der Waals surface area (Å²) >= 11 is 0. The molecule has 2 aromatic rings. The van der Waals surface area contributed by atoms with Crippen molar-refractivity contribution in [3.63, 3.8) is 0 Å². The number of fused-ring (bicyclic) bond motifs is 1. The fourth-order valence-electron chi connectivity index (χ4n) is 2.89. The molecule has 1 atom stereocenters. The summed E-state index contributed by atoms with van der Waals surface area (Å²) in [6.07, 6.45) is -0.568. The van der Waals surface area contributed by atoms with Crippen LogP contribution in [-0.4, -0.2) is 58.7 Å². The number of morpholine rings is 1. The number of hydrogen-bond acceptors (Lipinski definition) is 6. The van der Waals surface area contributed by atoms with E-state index in [2.05, 4.69) is 20.2 Å². The quantitative estimate of drug-likeness (QED) is 0.691. The number of benzene rings is 1. The Bertz CT molecular complexity index is 848. The van der Waals surface area contributed by atoms with E-state index in [4.69, 9.17) is 10.5 Å². The normalized spacial score (nSPS) is 18.8. The third kappa shape index (κ3) is 4.27. The third-order valence-electron chi connectivity index (χ3n) is 4.45. The zero-order valence-corrected chi connectivity index (χ0v) is 15.1. The number of H-pyrrole nitrogens is 1. The molecule has 4 N–H and O–H groups in total. The lowest BCUT2D eigenvalue weighted by atomic mass is 10.1. The SMILES string of the molecule is CC(C)(CN)NC(=O)C1CN(Cc2nc3ccccc3c(=O)[nH]2)CCO1. The maximum absolute atomic E-state index is 12.4. The van der Waals surface area contributed by atoms with Crippen molar-refractivity contribution in [3.8, 4) is 0 Å². The number of ether oxygens (including phenoxy) is 1. The van der Waals surface area contributed by atoms with E-state index in [9.17, 15) is 9.59 Å². The summed E-state index contributed by atoms with van der Waals surface area (Å²) in [4.78, 5) is 34.0. The van der Waals surface area contributed by atoms with Gasteiger partial charge in [0.2, 0.25) is 0 Å². The van der Waals surface area contributed by atoms with E-state index in [1.54, 1.807) is 6.07 Å². The highest BCUT2D eigenvalue weighted by molar-refractivity contribution is 5.82. The van der Waals surface area contributed by atoms with Crippen molar-refractivity contribution in [1.29, 1.82) is 0 Å². The fourth-order valence-corrected chi connectivity index (χ4v) is 2.89. The molecular formula is C18H25N5O3. The molecule has 2 heterocycles. The molecule has 8 heteroatoms. The van der Waals surface area contributed by atoms with Gasteiger partial charge in [0, 0.05) is 25.2 Å². The van der Waals surface area contributed by atoms with Crippen LogP contribution >= 0.6 is 0 Å². The van der Waals surface area contributed by atoms with E-state index in [1.807, 2.05) is 32.0 Å². The smallest absolute Gasteiger partial charge is 0.258 e. The monoisotopic (exact) mass is 359 g/mol. The van der Waals surface area contributed by atoms with Crippen LogP contribution in [0.5, 0.6) is 0 Å². The molecule has 8 nitrogen and oxygen atoms in total. The predicted octanol–water partition coefficient (Wildman–Crippen LogP) is -0.0226. The Morgan fingerprint density at radius 3 is 3.00 bits per heavy atom. The Hall–Kier alpha value is -2.29. The van der Waals surface area contributed by atoms with Crippen LogP contribution in [0.3, 0.4) is 0 Å².